The summed E-state index contributed by atoms with van der Waals surface area (Å²) in [5, 5.41) is 10.8. The van der Waals surface area contributed by atoms with Crippen molar-refractivity contribution in [2.75, 3.05) is 13.2 Å². The Morgan fingerprint density at radius 2 is 2.17 bits per heavy atom. The molecule has 1 aliphatic heterocycles. The van der Waals surface area contributed by atoms with Gasteiger partial charge in [0.1, 0.15) is 5.82 Å². The van der Waals surface area contributed by atoms with Gasteiger partial charge >= 0.3 is 0 Å². The molecule has 1 fully saturated rings. The summed E-state index contributed by atoms with van der Waals surface area (Å²) in [6.45, 7) is 13.1. The first-order valence-corrected chi connectivity index (χ1v) is 6.52. The molecule has 5 nitrogen and oxygen atoms in total. The van der Waals surface area contributed by atoms with E-state index in [0.29, 0.717) is 12.6 Å². The molecule has 2 N–H and O–H groups in total. The van der Waals surface area contributed by atoms with E-state index in [0.717, 1.165) is 24.9 Å². The minimum Gasteiger partial charge on any atom is -0.379 e. The quantitative estimate of drug-likeness (QED) is 0.858. The highest BCUT2D eigenvalue weighted by Gasteiger charge is 2.35. The second kappa shape index (κ2) is 4.63. The first-order valence-electron chi connectivity index (χ1n) is 6.52. The van der Waals surface area contributed by atoms with E-state index in [2.05, 4.69) is 55.1 Å². The van der Waals surface area contributed by atoms with Gasteiger partial charge in [-0.2, -0.15) is 5.10 Å². The maximum atomic E-state index is 5.51. The van der Waals surface area contributed by atoms with Gasteiger partial charge in [-0.15, -0.1) is 0 Å². The second-order valence-electron chi connectivity index (χ2n) is 6.79. The third-order valence-corrected chi connectivity index (χ3v) is 3.42. The average Bonchev–Trinajstić information content (AvgIpc) is 2.80. The fourth-order valence-corrected chi connectivity index (χ4v) is 2.03. The van der Waals surface area contributed by atoms with E-state index in [-0.39, 0.29) is 10.8 Å². The van der Waals surface area contributed by atoms with Crippen molar-refractivity contribution in [2.45, 2.75) is 52.6 Å². The number of aromatic nitrogens is 3. The number of aromatic amines is 1. The summed E-state index contributed by atoms with van der Waals surface area (Å²) in [5.74, 6) is 1.75. The lowest BCUT2D eigenvalue weighted by molar-refractivity contribution is 0.166. The third kappa shape index (κ3) is 2.90. The van der Waals surface area contributed by atoms with E-state index >= 15 is 0 Å². The van der Waals surface area contributed by atoms with Gasteiger partial charge < -0.3 is 10.1 Å². The van der Waals surface area contributed by atoms with Gasteiger partial charge in [0.15, 0.2) is 5.82 Å². The first-order chi connectivity index (χ1) is 8.29. The van der Waals surface area contributed by atoms with E-state index in [1.54, 1.807) is 0 Å². The Kier molecular flexibility index (Phi) is 3.47. The van der Waals surface area contributed by atoms with Gasteiger partial charge in [0, 0.05) is 16.9 Å². The van der Waals surface area contributed by atoms with Crippen LogP contribution in [-0.4, -0.2) is 34.4 Å². The number of hydrogen-bond donors (Lipinski definition) is 2. The molecule has 2 rings (SSSR count). The number of nitrogens with one attached hydrogen (secondary N) is 2. The van der Waals surface area contributed by atoms with Crippen LogP contribution in [0, 0.1) is 5.41 Å². The molecule has 2 heterocycles. The lowest BCUT2D eigenvalue weighted by Crippen LogP contribution is -2.40. The standard InChI is InChI=1S/C13H24N4O/c1-12(2,3)11-15-10(16-17-11)6-14-9-7-18-8-13(9,4)5/h9,14H,6-8H2,1-5H3,(H,15,16,17). The van der Waals surface area contributed by atoms with Gasteiger partial charge in [-0.05, 0) is 0 Å². The summed E-state index contributed by atoms with van der Waals surface area (Å²) in [6, 6.07) is 0.376. The molecule has 1 aromatic rings. The average molecular weight is 252 g/mol. The van der Waals surface area contributed by atoms with Crippen molar-refractivity contribution in [3.05, 3.63) is 11.6 Å². The summed E-state index contributed by atoms with van der Waals surface area (Å²) < 4.78 is 5.51. The Hall–Kier alpha value is -0.940. The van der Waals surface area contributed by atoms with Crippen LogP contribution in [0.4, 0.5) is 0 Å². The van der Waals surface area contributed by atoms with Crippen LogP contribution in [0.5, 0.6) is 0 Å². The lowest BCUT2D eigenvalue weighted by Gasteiger charge is -2.25. The van der Waals surface area contributed by atoms with Crippen molar-refractivity contribution < 1.29 is 4.74 Å². The Morgan fingerprint density at radius 3 is 2.67 bits per heavy atom. The van der Waals surface area contributed by atoms with Crippen LogP contribution in [0.2, 0.25) is 0 Å². The Labute approximate surface area is 109 Å². The molecule has 1 unspecified atom stereocenters. The zero-order chi connectivity index (χ0) is 13.4. The van der Waals surface area contributed by atoms with Gasteiger partial charge in [-0.1, -0.05) is 34.6 Å². The number of ether oxygens (including phenoxy) is 1. The molecule has 0 aliphatic carbocycles. The van der Waals surface area contributed by atoms with Crippen LogP contribution in [0.1, 0.15) is 46.3 Å². The lowest BCUT2D eigenvalue weighted by atomic mass is 9.88. The second-order valence-corrected chi connectivity index (χ2v) is 6.79. The molecule has 0 aromatic carbocycles. The minimum absolute atomic E-state index is 0.00943. The monoisotopic (exact) mass is 252 g/mol. The van der Waals surface area contributed by atoms with E-state index in [1.165, 1.54) is 0 Å². The van der Waals surface area contributed by atoms with Crippen molar-refractivity contribution in [1.29, 1.82) is 0 Å². The molecular weight excluding hydrogens is 228 g/mol. The molecule has 0 spiro atoms. The van der Waals surface area contributed by atoms with E-state index in [4.69, 9.17) is 4.74 Å². The van der Waals surface area contributed by atoms with Crippen LogP contribution >= 0.6 is 0 Å². The topological polar surface area (TPSA) is 62.8 Å². The van der Waals surface area contributed by atoms with Crippen LogP contribution < -0.4 is 5.32 Å². The maximum absolute atomic E-state index is 5.51. The van der Waals surface area contributed by atoms with E-state index < -0.39 is 0 Å². The molecule has 18 heavy (non-hydrogen) atoms. The molecule has 1 aromatic heterocycles. The minimum atomic E-state index is -0.00943. The van der Waals surface area contributed by atoms with Crippen molar-refractivity contribution in [3.8, 4) is 0 Å². The highest BCUT2D eigenvalue weighted by atomic mass is 16.5. The molecule has 0 amide bonds. The van der Waals surface area contributed by atoms with Gasteiger partial charge in [-0.3, -0.25) is 5.10 Å². The first kappa shape index (κ1) is 13.5. The smallest absolute Gasteiger partial charge is 0.156 e. The van der Waals surface area contributed by atoms with Crippen LogP contribution in [-0.2, 0) is 16.7 Å². The third-order valence-electron chi connectivity index (χ3n) is 3.42. The van der Waals surface area contributed by atoms with Crippen molar-refractivity contribution in [1.82, 2.24) is 20.5 Å². The van der Waals surface area contributed by atoms with Crippen LogP contribution in [0.15, 0.2) is 0 Å². The van der Waals surface area contributed by atoms with Gasteiger partial charge in [0.25, 0.3) is 0 Å². The largest absolute Gasteiger partial charge is 0.379 e. The van der Waals surface area contributed by atoms with Crippen LogP contribution in [0.3, 0.4) is 0 Å². The van der Waals surface area contributed by atoms with Crippen molar-refractivity contribution in [3.63, 3.8) is 0 Å². The molecule has 102 valence electrons. The summed E-state index contributed by atoms with van der Waals surface area (Å²) in [6.07, 6.45) is 0. The molecule has 0 bridgehead atoms. The fraction of sp³-hybridized carbons (Fsp3) is 0.846. The normalized spacial score (nSPS) is 23.5. The zero-order valence-electron chi connectivity index (χ0n) is 12.0. The molecule has 1 saturated heterocycles. The molecule has 0 saturated carbocycles. The number of nitrogens with zero attached hydrogens (tertiary/aromatic N) is 2. The highest BCUT2D eigenvalue weighted by Crippen LogP contribution is 2.27. The van der Waals surface area contributed by atoms with E-state index in [9.17, 15) is 0 Å². The van der Waals surface area contributed by atoms with Crippen molar-refractivity contribution >= 4 is 0 Å². The molecule has 0 radical (unpaired) electrons. The van der Waals surface area contributed by atoms with Gasteiger partial charge in [-0.25, -0.2) is 4.98 Å². The Balaban J connectivity index is 1.93. The Morgan fingerprint density at radius 1 is 1.44 bits per heavy atom. The number of rotatable bonds is 3. The summed E-state index contributed by atoms with van der Waals surface area (Å²) in [7, 11) is 0. The Bertz CT molecular complexity index is 405. The predicted octanol–water partition coefficient (Wildman–Crippen LogP) is 1.62. The van der Waals surface area contributed by atoms with Gasteiger partial charge in [0.05, 0.1) is 19.8 Å². The molecular formula is C13H24N4O. The maximum Gasteiger partial charge on any atom is 0.156 e. The number of hydrogen-bond acceptors (Lipinski definition) is 4. The predicted molar refractivity (Wildman–Crippen MR) is 70.3 cm³/mol. The van der Waals surface area contributed by atoms with Crippen molar-refractivity contribution in [2.24, 2.45) is 5.41 Å². The number of H-pyrrole nitrogens is 1. The van der Waals surface area contributed by atoms with Gasteiger partial charge in [0.2, 0.25) is 0 Å². The zero-order valence-corrected chi connectivity index (χ0v) is 12.0. The van der Waals surface area contributed by atoms with Crippen LogP contribution in [0.25, 0.3) is 0 Å². The van der Waals surface area contributed by atoms with E-state index in [1.807, 2.05) is 0 Å². The molecule has 1 atom stereocenters. The SMILES string of the molecule is CC(C)(C)c1n[nH]c(CNC2COCC2(C)C)n1. The molecule has 5 heteroatoms. The fourth-order valence-electron chi connectivity index (χ4n) is 2.03. The summed E-state index contributed by atoms with van der Waals surface area (Å²) >= 11 is 0. The molecule has 1 aliphatic rings. The highest BCUT2D eigenvalue weighted by molar-refractivity contribution is 5.02. The summed E-state index contributed by atoms with van der Waals surface area (Å²) in [4.78, 5) is 4.52. The summed E-state index contributed by atoms with van der Waals surface area (Å²) in [5.41, 5.74) is 0.178.